The molecule has 1 aromatic carbocycles. The summed E-state index contributed by atoms with van der Waals surface area (Å²) >= 11 is 12.2. The molecule has 120 valence electrons. The Morgan fingerprint density at radius 1 is 1.04 bits per heavy atom. The average Bonchev–Trinajstić information content (AvgIpc) is 2.58. The molecule has 0 unspecified atom stereocenters. The summed E-state index contributed by atoms with van der Waals surface area (Å²) in [5, 5.41) is 3.65. The van der Waals surface area contributed by atoms with Gasteiger partial charge >= 0.3 is 0 Å². The van der Waals surface area contributed by atoms with Crippen LogP contribution in [0.2, 0.25) is 10.0 Å². The largest absolute Gasteiger partial charge is 0.307 e. The third-order valence-electron chi connectivity index (χ3n) is 3.46. The van der Waals surface area contributed by atoms with Gasteiger partial charge in [-0.05, 0) is 37.3 Å². The molecule has 2 heterocycles. The molecule has 0 aliphatic rings. The van der Waals surface area contributed by atoms with Crippen molar-refractivity contribution in [1.29, 1.82) is 0 Å². The van der Waals surface area contributed by atoms with Crippen molar-refractivity contribution in [2.75, 3.05) is 5.32 Å². The van der Waals surface area contributed by atoms with Crippen LogP contribution in [-0.4, -0.2) is 15.9 Å². The van der Waals surface area contributed by atoms with Gasteiger partial charge in [0, 0.05) is 34.7 Å². The molecule has 0 spiro atoms. The van der Waals surface area contributed by atoms with Crippen LogP contribution in [0.25, 0.3) is 11.1 Å². The van der Waals surface area contributed by atoms with Crippen LogP contribution in [0, 0.1) is 6.92 Å². The van der Waals surface area contributed by atoms with Crippen LogP contribution in [0.3, 0.4) is 0 Å². The summed E-state index contributed by atoms with van der Waals surface area (Å²) in [5.41, 5.74) is 3.24. The number of aryl methyl sites for hydroxylation is 1. The lowest BCUT2D eigenvalue weighted by molar-refractivity contribution is 0.102. The van der Waals surface area contributed by atoms with Gasteiger partial charge < -0.3 is 5.32 Å². The predicted molar refractivity (Wildman–Crippen MR) is 96.6 cm³/mol. The molecular weight excluding hydrogens is 345 g/mol. The molecule has 0 aliphatic carbocycles. The lowest BCUT2D eigenvalue weighted by Crippen LogP contribution is -2.13. The zero-order chi connectivity index (χ0) is 17.1. The van der Waals surface area contributed by atoms with Crippen molar-refractivity contribution in [3.63, 3.8) is 0 Å². The molecule has 3 aromatic rings. The Balaban J connectivity index is 1.81. The van der Waals surface area contributed by atoms with Crippen LogP contribution in [0.15, 0.2) is 55.0 Å². The third kappa shape index (κ3) is 3.55. The minimum Gasteiger partial charge on any atom is -0.307 e. The van der Waals surface area contributed by atoms with Crippen LogP contribution < -0.4 is 5.32 Å². The zero-order valence-electron chi connectivity index (χ0n) is 12.8. The Bertz CT molecular complexity index is 895. The Kier molecular flexibility index (Phi) is 4.79. The Hall–Kier alpha value is -2.43. The van der Waals surface area contributed by atoms with E-state index < -0.39 is 0 Å². The van der Waals surface area contributed by atoms with Gasteiger partial charge in [-0.3, -0.25) is 9.78 Å². The molecule has 0 saturated heterocycles. The highest BCUT2D eigenvalue weighted by Gasteiger charge is 2.11. The molecule has 4 nitrogen and oxygen atoms in total. The number of halogens is 2. The second-order valence-corrected chi connectivity index (χ2v) is 6.04. The standard InChI is InChI=1S/C18H13Cl2N3O/c1-11-2-4-15(19)14(8-11)12-3-5-17(22-9-12)23-18(24)13-6-7-21-10-16(13)20/h2-10H,1H3,(H,22,23,24). The van der Waals surface area contributed by atoms with Gasteiger partial charge in [-0.1, -0.05) is 34.8 Å². The van der Waals surface area contributed by atoms with E-state index in [4.69, 9.17) is 23.2 Å². The predicted octanol–water partition coefficient (Wildman–Crippen LogP) is 5.01. The Morgan fingerprint density at radius 2 is 1.88 bits per heavy atom. The number of anilines is 1. The number of carbonyl (C=O) groups is 1. The van der Waals surface area contributed by atoms with E-state index in [1.165, 1.54) is 12.4 Å². The second-order valence-electron chi connectivity index (χ2n) is 5.23. The molecule has 1 amide bonds. The van der Waals surface area contributed by atoms with E-state index in [9.17, 15) is 4.79 Å². The summed E-state index contributed by atoms with van der Waals surface area (Å²) in [6.45, 7) is 2.00. The van der Waals surface area contributed by atoms with Gasteiger partial charge in [0.15, 0.2) is 0 Å². The number of nitrogens with zero attached hydrogens (tertiary/aromatic N) is 2. The van der Waals surface area contributed by atoms with Crippen LogP contribution in [-0.2, 0) is 0 Å². The third-order valence-corrected chi connectivity index (χ3v) is 4.09. The van der Waals surface area contributed by atoms with Gasteiger partial charge in [0.2, 0.25) is 0 Å². The number of aromatic nitrogens is 2. The highest BCUT2D eigenvalue weighted by Crippen LogP contribution is 2.28. The van der Waals surface area contributed by atoms with Crippen molar-refractivity contribution in [2.45, 2.75) is 6.92 Å². The maximum atomic E-state index is 12.2. The first-order valence-corrected chi connectivity index (χ1v) is 7.93. The molecule has 0 fully saturated rings. The fraction of sp³-hybridized carbons (Fsp3) is 0.0556. The van der Waals surface area contributed by atoms with E-state index in [0.717, 1.165) is 16.7 Å². The summed E-state index contributed by atoms with van der Waals surface area (Å²) in [5.74, 6) is 0.0941. The van der Waals surface area contributed by atoms with E-state index in [1.54, 1.807) is 18.3 Å². The fourth-order valence-electron chi connectivity index (χ4n) is 2.23. The van der Waals surface area contributed by atoms with Gasteiger partial charge in [0.05, 0.1) is 10.6 Å². The van der Waals surface area contributed by atoms with Gasteiger partial charge in [-0.2, -0.15) is 0 Å². The molecule has 1 N–H and O–H groups in total. The number of pyridine rings is 2. The first-order valence-electron chi connectivity index (χ1n) is 7.18. The summed E-state index contributed by atoms with van der Waals surface area (Å²) in [6, 6.07) is 10.9. The Morgan fingerprint density at radius 3 is 2.58 bits per heavy atom. The van der Waals surface area contributed by atoms with E-state index in [1.807, 2.05) is 31.2 Å². The monoisotopic (exact) mass is 357 g/mol. The van der Waals surface area contributed by atoms with Crippen molar-refractivity contribution >= 4 is 34.9 Å². The van der Waals surface area contributed by atoms with Crippen molar-refractivity contribution in [3.05, 3.63) is 76.2 Å². The second kappa shape index (κ2) is 6.99. The molecule has 0 saturated carbocycles. The van der Waals surface area contributed by atoms with Gasteiger partial charge in [0.25, 0.3) is 5.91 Å². The number of carbonyl (C=O) groups excluding carboxylic acids is 1. The number of rotatable bonds is 3. The quantitative estimate of drug-likeness (QED) is 0.716. The highest BCUT2D eigenvalue weighted by atomic mass is 35.5. The molecule has 0 atom stereocenters. The molecule has 0 bridgehead atoms. The molecule has 24 heavy (non-hydrogen) atoms. The molecule has 0 aliphatic heterocycles. The Labute approximate surface area is 149 Å². The van der Waals surface area contributed by atoms with E-state index in [-0.39, 0.29) is 10.9 Å². The van der Waals surface area contributed by atoms with Crippen LogP contribution in [0.1, 0.15) is 15.9 Å². The van der Waals surface area contributed by atoms with E-state index >= 15 is 0 Å². The summed E-state index contributed by atoms with van der Waals surface area (Å²) in [7, 11) is 0. The van der Waals surface area contributed by atoms with Crippen LogP contribution in [0.5, 0.6) is 0 Å². The first-order chi connectivity index (χ1) is 11.5. The van der Waals surface area contributed by atoms with Gasteiger partial charge in [-0.15, -0.1) is 0 Å². The minimum absolute atomic E-state index is 0.290. The minimum atomic E-state index is -0.337. The molecular formula is C18H13Cl2N3O. The number of nitrogens with one attached hydrogen (secondary N) is 1. The van der Waals surface area contributed by atoms with Crippen molar-refractivity contribution < 1.29 is 4.79 Å². The normalized spacial score (nSPS) is 10.5. The SMILES string of the molecule is Cc1ccc(Cl)c(-c2ccc(NC(=O)c3ccncc3Cl)nc2)c1. The molecule has 0 radical (unpaired) electrons. The lowest BCUT2D eigenvalue weighted by Gasteiger charge is -2.08. The number of hydrogen-bond donors (Lipinski definition) is 1. The van der Waals surface area contributed by atoms with Gasteiger partial charge in [-0.25, -0.2) is 4.98 Å². The molecule has 2 aromatic heterocycles. The average molecular weight is 358 g/mol. The topological polar surface area (TPSA) is 54.9 Å². The lowest BCUT2D eigenvalue weighted by atomic mass is 10.1. The van der Waals surface area contributed by atoms with E-state index in [2.05, 4.69) is 15.3 Å². The summed E-state index contributed by atoms with van der Waals surface area (Å²) in [4.78, 5) is 20.3. The molecule has 3 rings (SSSR count). The van der Waals surface area contributed by atoms with Crippen LogP contribution in [0.4, 0.5) is 5.82 Å². The maximum Gasteiger partial charge on any atom is 0.258 e. The van der Waals surface area contributed by atoms with Gasteiger partial charge in [0.1, 0.15) is 5.82 Å². The van der Waals surface area contributed by atoms with Crippen LogP contribution >= 0.6 is 23.2 Å². The van der Waals surface area contributed by atoms with Crippen molar-refractivity contribution in [1.82, 2.24) is 9.97 Å². The van der Waals surface area contributed by atoms with Crippen molar-refractivity contribution in [2.24, 2.45) is 0 Å². The molecule has 6 heteroatoms. The van der Waals surface area contributed by atoms with Crippen molar-refractivity contribution in [3.8, 4) is 11.1 Å². The number of amides is 1. The zero-order valence-corrected chi connectivity index (χ0v) is 14.3. The summed E-state index contributed by atoms with van der Waals surface area (Å²) in [6.07, 6.45) is 4.61. The number of hydrogen-bond acceptors (Lipinski definition) is 3. The highest BCUT2D eigenvalue weighted by molar-refractivity contribution is 6.34. The maximum absolute atomic E-state index is 12.2. The fourth-order valence-corrected chi connectivity index (χ4v) is 2.66. The van der Waals surface area contributed by atoms with E-state index in [0.29, 0.717) is 16.4 Å². The summed E-state index contributed by atoms with van der Waals surface area (Å²) < 4.78 is 0. The number of benzene rings is 1. The first kappa shape index (κ1) is 16.4. The smallest absolute Gasteiger partial charge is 0.258 e.